The van der Waals surface area contributed by atoms with Gasteiger partial charge in [0, 0.05) is 11.6 Å². The van der Waals surface area contributed by atoms with E-state index in [9.17, 15) is 13.2 Å². The Morgan fingerprint density at radius 3 is 2.60 bits per heavy atom. The van der Waals surface area contributed by atoms with Crippen LogP contribution < -0.4 is 4.74 Å². The van der Waals surface area contributed by atoms with Crippen LogP contribution >= 0.6 is 15.9 Å². The Balaban J connectivity index is 2.24. The summed E-state index contributed by atoms with van der Waals surface area (Å²) in [5, 5.41) is 8.71. The van der Waals surface area contributed by atoms with Crippen LogP contribution in [0.3, 0.4) is 0 Å². The molecule has 0 saturated carbocycles. The molecule has 2 aromatic rings. The molecule has 0 aliphatic heterocycles. The van der Waals surface area contributed by atoms with Crippen LogP contribution in [0.2, 0.25) is 0 Å². The third kappa shape index (κ3) is 2.94. The van der Waals surface area contributed by atoms with Gasteiger partial charge in [0.2, 0.25) is 0 Å². The highest BCUT2D eigenvalue weighted by Gasteiger charge is 2.13. The van der Waals surface area contributed by atoms with E-state index in [1.54, 1.807) is 6.07 Å². The second kappa shape index (κ2) is 5.97. The van der Waals surface area contributed by atoms with Crippen molar-refractivity contribution in [3.8, 4) is 11.8 Å². The molecule has 0 heterocycles. The number of nitrogens with zero attached hydrogens (tertiary/aromatic N) is 1. The van der Waals surface area contributed by atoms with Gasteiger partial charge in [-0.05, 0) is 28.1 Å². The predicted molar refractivity (Wildman–Crippen MR) is 69.5 cm³/mol. The van der Waals surface area contributed by atoms with E-state index >= 15 is 0 Å². The molecule has 0 bridgehead atoms. The summed E-state index contributed by atoms with van der Waals surface area (Å²) < 4.78 is 45.4. The van der Waals surface area contributed by atoms with Crippen molar-refractivity contribution in [1.29, 1.82) is 5.26 Å². The van der Waals surface area contributed by atoms with Crippen molar-refractivity contribution in [1.82, 2.24) is 0 Å². The van der Waals surface area contributed by atoms with E-state index in [-0.39, 0.29) is 28.0 Å². The summed E-state index contributed by atoms with van der Waals surface area (Å²) in [6, 6.07) is 7.66. The van der Waals surface area contributed by atoms with E-state index in [0.717, 1.165) is 6.07 Å². The lowest BCUT2D eigenvalue weighted by molar-refractivity contribution is 0.281. The highest BCUT2D eigenvalue weighted by atomic mass is 79.9. The molecule has 0 aromatic heterocycles. The summed E-state index contributed by atoms with van der Waals surface area (Å²) in [7, 11) is 0. The van der Waals surface area contributed by atoms with Crippen LogP contribution in [0.15, 0.2) is 34.8 Å². The molecule has 102 valence electrons. The van der Waals surface area contributed by atoms with Crippen molar-refractivity contribution >= 4 is 15.9 Å². The topological polar surface area (TPSA) is 33.0 Å². The van der Waals surface area contributed by atoms with Gasteiger partial charge in [0.15, 0.2) is 11.6 Å². The Kier molecular flexibility index (Phi) is 4.30. The predicted octanol–water partition coefficient (Wildman–Crippen LogP) is 4.32. The van der Waals surface area contributed by atoms with Gasteiger partial charge in [0.25, 0.3) is 0 Å². The number of ether oxygens (including phenoxy) is 1. The van der Waals surface area contributed by atoms with Gasteiger partial charge in [0.1, 0.15) is 24.3 Å². The molecule has 0 N–H and O–H groups in total. The standard InChI is InChI=1S/C14H7BrF3NO/c15-11-4-10(16)5-12(17)14(11)20-7-9-3-1-2-8(6-19)13(9)18/h1-5H,7H2. The van der Waals surface area contributed by atoms with E-state index in [1.165, 1.54) is 18.2 Å². The number of hydrogen-bond acceptors (Lipinski definition) is 2. The molecule has 0 aliphatic rings. The Morgan fingerprint density at radius 1 is 1.20 bits per heavy atom. The molecule has 2 aromatic carbocycles. The van der Waals surface area contributed by atoms with E-state index in [2.05, 4.69) is 15.9 Å². The summed E-state index contributed by atoms with van der Waals surface area (Å²) in [6.45, 7) is -0.275. The maximum absolute atomic E-state index is 13.8. The lowest BCUT2D eigenvalue weighted by Gasteiger charge is -2.10. The zero-order chi connectivity index (χ0) is 14.7. The van der Waals surface area contributed by atoms with E-state index in [0.29, 0.717) is 6.07 Å². The van der Waals surface area contributed by atoms with Crippen molar-refractivity contribution in [2.75, 3.05) is 0 Å². The first-order valence-corrected chi connectivity index (χ1v) is 6.27. The van der Waals surface area contributed by atoms with E-state index in [1.807, 2.05) is 0 Å². The SMILES string of the molecule is N#Cc1cccc(COc2c(F)cc(F)cc2Br)c1F. The minimum Gasteiger partial charge on any atom is -0.485 e. The number of hydrogen-bond donors (Lipinski definition) is 0. The number of nitriles is 1. The Labute approximate surface area is 121 Å². The van der Waals surface area contributed by atoms with Crippen LogP contribution in [-0.2, 0) is 6.61 Å². The van der Waals surface area contributed by atoms with Gasteiger partial charge >= 0.3 is 0 Å². The van der Waals surface area contributed by atoms with Crippen LogP contribution in [0, 0.1) is 28.8 Å². The largest absolute Gasteiger partial charge is 0.485 e. The summed E-state index contributed by atoms with van der Waals surface area (Å²) >= 11 is 2.97. The van der Waals surface area contributed by atoms with Gasteiger partial charge in [-0.2, -0.15) is 5.26 Å². The normalized spacial score (nSPS) is 10.2. The first-order chi connectivity index (χ1) is 9.52. The van der Waals surface area contributed by atoms with Crippen molar-refractivity contribution in [3.63, 3.8) is 0 Å². The number of rotatable bonds is 3. The minimum atomic E-state index is -0.895. The molecule has 0 saturated heterocycles. The van der Waals surface area contributed by atoms with Crippen molar-refractivity contribution in [2.24, 2.45) is 0 Å². The highest BCUT2D eigenvalue weighted by molar-refractivity contribution is 9.10. The highest BCUT2D eigenvalue weighted by Crippen LogP contribution is 2.30. The van der Waals surface area contributed by atoms with Gasteiger partial charge in [-0.1, -0.05) is 12.1 Å². The molecule has 0 spiro atoms. The van der Waals surface area contributed by atoms with Gasteiger partial charge in [0.05, 0.1) is 10.0 Å². The fourth-order valence-corrected chi connectivity index (χ4v) is 2.12. The smallest absolute Gasteiger partial charge is 0.169 e. The van der Waals surface area contributed by atoms with Gasteiger partial charge < -0.3 is 4.74 Å². The molecule has 0 atom stereocenters. The van der Waals surface area contributed by atoms with Crippen LogP contribution in [-0.4, -0.2) is 0 Å². The monoisotopic (exact) mass is 341 g/mol. The zero-order valence-corrected chi connectivity index (χ0v) is 11.5. The maximum atomic E-state index is 13.8. The Morgan fingerprint density at radius 2 is 1.95 bits per heavy atom. The Bertz CT molecular complexity index is 674. The molecule has 0 aliphatic carbocycles. The summed E-state index contributed by atoms with van der Waals surface area (Å²) in [4.78, 5) is 0. The van der Waals surface area contributed by atoms with Gasteiger partial charge in [-0.3, -0.25) is 0 Å². The maximum Gasteiger partial charge on any atom is 0.169 e. The summed E-state index contributed by atoms with van der Waals surface area (Å²) in [5.41, 5.74) is -0.00980. The summed E-state index contributed by atoms with van der Waals surface area (Å²) in [6.07, 6.45) is 0. The first-order valence-electron chi connectivity index (χ1n) is 5.47. The minimum absolute atomic E-state index is 0.0897. The van der Waals surface area contributed by atoms with Crippen LogP contribution in [0.4, 0.5) is 13.2 Å². The summed E-state index contributed by atoms with van der Waals surface area (Å²) in [5.74, 6) is -2.57. The third-order valence-electron chi connectivity index (χ3n) is 2.53. The fourth-order valence-electron chi connectivity index (χ4n) is 1.59. The molecule has 0 unspecified atom stereocenters. The lowest BCUT2D eigenvalue weighted by atomic mass is 10.1. The second-order valence-corrected chi connectivity index (χ2v) is 4.73. The van der Waals surface area contributed by atoms with Gasteiger partial charge in [-0.25, -0.2) is 13.2 Å². The van der Waals surface area contributed by atoms with Crippen LogP contribution in [0.1, 0.15) is 11.1 Å². The fraction of sp³-hybridized carbons (Fsp3) is 0.0714. The van der Waals surface area contributed by atoms with Gasteiger partial charge in [-0.15, -0.1) is 0 Å². The molecule has 0 radical (unpaired) electrons. The first kappa shape index (κ1) is 14.4. The third-order valence-corrected chi connectivity index (χ3v) is 3.12. The van der Waals surface area contributed by atoms with Crippen molar-refractivity contribution < 1.29 is 17.9 Å². The average Bonchev–Trinajstić information content (AvgIpc) is 2.39. The average molecular weight is 342 g/mol. The molecule has 2 nitrogen and oxygen atoms in total. The van der Waals surface area contributed by atoms with Crippen LogP contribution in [0.5, 0.6) is 5.75 Å². The Hall–Kier alpha value is -2.00. The van der Waals surface area contributed by atoms with Crippen molar-refractivity contribution in [2.45, 2.75) is 6.61 Å². The molecule has 20 heavy (non-hydrogen) atoms. The van der Waals surface area contributed by atoms with E-state index in [4.69, 9.17) is 10.00 Å². The molecule has 0 fully saturated rings. The van der Waals surface area contributed by atoms with E-state index < -0.39 is 17.5 Å². The molecular weight excluding hydrogens is 335 g/mol. The van der Waals surface area contributed by atoms with Crippen LogP contribution in [0.25, 0.3) is 0 Å². The lowest BCUT2D eigenvalue weighted by Crippen LogP contribution is -2.02. The zero-order valence-electron chi connectivity index (χ0n) is 9.96. The molecular formula is C14H7BrF3NO. The van der Waals surface area contributed by atoms with Crippen molar-refractivity contribution in [3.05, 3.63) is 63.4 Å². The number of benzene rings is 2. The quantitative estimate of drug-likeness (QED) is 0.832. The molecule has 6 heteroatoms. The second-order valence-electron chi connectivity index (χ2n) is 3.88. The molecule has 0 amide bonds. The number of halogens is 4. The molecule has 2 rings (SSSR count).